The Labute approximate surface area is 107 Å². The molecule has 0 radical (unpaired) electrons. The molecule has 4 heteroatoms. The lowest BCUT2D eigenvalue weighted by Gasteiger charge is -2.18. The molecule has 1 aliphatic rings. The fourth-order valence-corrected chi connectivity index (χ4v) is 2.17. The van der Waals surface area contributed by atoms with E-state index < -0.39 is 5.82 Å². The van der Waals surface area contributed by atoms with Gasteiger partial charge in [-0.2, -0.15) is 0 Å². The molecule has 2 N–H and O–H groups in total. The van der Waals surface area contributed by atoms with Crippen LogP contribution in [0.2, 0.25) is 0 Å². The van der Waals surface area contributed by atoms with Gasteiger partial charge in [-0.25, -0.2) is 4.39 Å². The maximum Gasteiger partial charge on any atom is 0.221 e. The molecule has 1 aromatic carbocycles. The van der Waals surface area contributed by atoms with Crippen LogP contribution in [-0.4, -0.2) is 11.9 Å². The SMILES string of the molecule is CCC(Nc1ccc(F)c(NC(C)=O)c1)C1CC1. The fourth-order valence-electron chi connectivity index (χ4n) is 2.17. The van der Waals surface area contributed by atoms with Gasteiger partial charge in [-0.1, -0.05) is 6.92 Å². The molecular formula is C14H19FN2O. The predicted molar refractivity (Wildman–Crippen MR) is 71.1 cm³/mol. The molecule has 1 atom stereocenters. The molecule has 1 aliphatic carbocycles. The summed E-state index contributed by atoms with van der Waals surface area (Å²) in [4.78, 5) is 11.0. The Morgan fingerprint density at radius 2 is 2.22 bits per heavy atom. The van der Waals surface area contributed by atoms with Crippen LogP contribution in [0.25, 0.3) is 0 Å². The molecule has 1 unspecified atom stereocenters. The van der Waals surface area contributed by atoms with Crippen molar-refractivity contribution in [2.75, 3.05) is 10.6 Å². The first-order chi connectivity index (χ1) is 8.60. The smallest absolute Gasteiger partial charge is 0.221 e. The molecule has 0 aliphatic heterocycles. The minimum absolute atomic E-state index is 0.234. The molecule has 0 aromatic heterocycles. The van der Waals surface area contributed by atoms with Crippen LogP contribution in [0.5, 0.6) is 0 Å². The summed E-state index contributed by atoms with van der Waals surface area (Å²) in [5.74, 6) is 0.0692. The van der Waals surface area contributed by atoms with Crippen molar-refractivity contribution in [2.24, 2.45) is 5.92 Å². The molecule has 18 heavy (non-hydrogen) atoms. The lowest BCUT2D eigenvalue weighted by molar-refractivity contribution is -0.114. The molecule has 2 rings (SSSR count). The van der Waals surface area contributed by atoms with Crippen LogP contribution in [-0.2, 0) is 4.79 Å². The summed E-state index contributed by atoms with van der Waals surface area (Å²) in [6, 6.07) is 5.20. The highest BCUT2D eigenvalue weighted by atomic mass is 19.1. The number of hydrogen-bond acceptors (Lipinski definition) is 2. The van der Waals surface area contributed by atoms with Gasteiger partial charge in [0, 0.05) is 18.7 Å². The molecule has 1 amide bonds. The zero-order valence-corrected chi connectivity index (χ0v) is 10.8. The van der Waals surface area contributed by atoms with Crippen molar-refractivity contribution in [3.05, 3.63) is 24.0 Å². The maximum atomic E-state index is 13.5. The Hall–Kier alpha value is -1.58. The van der Waals surface area contributed by atoms with E-state index in [0.717, 1.165) is 18.0 Å². The Morgan fingerprint density at radius 3 is 2.78 bits per heavy atom. The van der Waals surface area contributed by atoms with Crippen LogP contribution < -0.4 is 10.6 Å². The molecule has 0 saturated heterocycles. The Bertz CT molecular complexity index is 443. The van der Waals surface area contributed by atoms with E-state index in [1.54, 1.807) is 12.1 Å². The second-order valence-corrected chi connectivity index (χ2v) is 4.87. The van der Waals surface area contributed by atoms with Crippen LogP contribution in [0.15, 0.2) is 18.2 Å². The van der Waals surface area contributed by atoms with E-state index in [2.05, 4.69) is 17.6 Å². The largest absolute Gasteiger partial charge is 0.382 e. The van der Waals surface area contributed by atoms with Crippen LogP contribution in [0, 0.1) is 11.7 Å². The summed E-state index contributed by atoms with van der Waals surface area (Å²) in [5.41, 5.74) is 1.09. The minimum atomic E-state index is -0.407. The minimum Gasteiger partial charge on any atom is -0.382 e. The summed E-state index contributed by atoms with van der Waals surface area (Å²) in [6.07, 6.45) is 3.59. The van der Waals surface area contributed by atoms with Gasteiger partial charge in [0.25, 0.3) is 0 Å². The number of benzene rings is 1. The monoisotopic (exact) mass is 250 g/mol. The van der Waals surface area contributed by atoms with E-state index in [4.69, 9.17) is 0 Å². The van der Waals surface area contributed by atoms with Gasteiger partial charge in [-0.15, -0.1) is 0 Å². The van der Waals surface area contributed by atoms with E-state index in [1.165, 1.54) is 25.8 Å². The molecule has 1 fully saturated rings. The first-order valence-electron chi connectivity index (χ1n) is 6.44. The first kappa shape index (κ1) is 12.9. The van der Waals surface area contributed by atoms with Gasteiger partial charge in [0.05, 0.1) is 5.69 Å². The summed E-state index contributed by atoms with van der Waals surface area (Å²) in [7, 11) is 0. The van der Waals surface area contributed by atoms with E-state index >= 15 is 0 Å². The number of nitrogens with one attached hydrogen (secondary N) is 2. The Morgan fingerprint density at radius 1 is 1.50 bits per heavy atom. The third-order valence-corrected chi connectivity index (χ3v) is 3.26. The van der Waals surface area contributed by atoms with Crippen molar-refractivity contribution in [3.63, 3.8) is 0 Å². The van der Waals surface area contributed by atoms with Crippen LogP contribution in [0.4, 0.5) is 15.8 Å². The third kappa shape index (κ3) is 3.22. The van der Waals surface area contributed by atoms with Gasteiger partial charge in [0.15, 0.2) is 0 Å². The van der Waals surface area contributed by atoms with Gasteiger partial charge in [-0.3, -0.25) is 4.79 Å². The number of carbonyl (C=O) groups is 1. The van der Waals surface area contributed by atoms with Gasteiger partial charge >= 0.3 is 0 Å². The quantitative estimate of drug-likeness (QED) is 0.841. The second-order valence-electron chi connectivity index (χ2n) is 4.87. The van der Waals surface area contributed by atoms with E-state index in [1.807, 2.05) is 0 Å². The van der Waals surface area contributed by atoms with Gasteiger partial charge in [0.2, 0.25) is 5.91 Å². The van der Waals surface area contributed by atoms with Crippen molar-refractivity contribution < 1.29 is 9.18 Å². The van der Waals surface area contributed by atoms with Crippen LogP contribution >= 0.6 is 0 Å². The topological polar surface area (TPSA) is 41.1 Å². The summed E-state index contributed by atoms with van der Waals surface area (Å²) in [6.45, 7) is 3.52. The van der Waals surface area contributed by atoms with E-state index in [-0.39, 0.29) is 11.6 Å². The van der Waals surface area contributed by atoms with Crippen LogP contribution in [0.1, 0.15) is 33.1 Å². The van der Waals surface area contributed by atoms with Crippen LogP contribution in [0.3, 0.4) is 0 Å². The molecule has 0 heterocycles. The lowest BCUT2D eigenvalue weighted by atomic mass is 10.1. The zero-order chi connectivity index (χ0) is 13.1. The fraction of sp³-hybridized carbons (Fsp3) is 0.500. The summed E-state index contributed by atoms with van der Waals surface area (Å²) in [5, 5.41) is 5.91. The van der Waals surface area contributed by atoms with Crippen molar-refractivity contribution in [2.45, 2.75) is 39.2 Å². The van der Waals surface area contributed by atoms with Crippen molar-refractivity contribution in [3.8, 4) is 0 Å². The average Bonchev–Trinajstić information content (AvgIpc) is 3.13. The number of carbonyl (C=O) groups excluding carboxylic acids is 1. The standard InChI is InChI=1S/C14H19FN2O/c1-3-13(10-4-5-10)17-11-6-7-12(15)14(8-11)16-9(2)18/h6-8,10,13,17H,3-5H2,1-2H3,(H,16,18). The maximum absolute atomic E-state index is 13.5. The molecule has 0 bridgehead atoms. The Kier molecular flexibility index (Phi) is 3.84. The number of amides is 1. The van der Waals surface area contributed by atoms with Crippen molar-refractivity contribution >= 4 is 17.3 Å². The summed E-state index contributed by atoms with van der Waals surface area (Å²) < 4.78 is 13.5. The van der Waals surface area contributed by atoms with E-state index in [9.17, 15) is 9.18 Å². The average molecular weight is 250 g/mol. The number of rotatable bonds is 5. The number of halogens is 1. The van der Waals surface area contributed by atoms with Crippen molar-refractivity contribution in [1.82, 2.24) is 0 Å². The first-order valence-corrected chi connectivity index (χ1v) is 6.44. The highest BCUT2D eigenvalue weighted by Gasteiger charge is 2.29. The Balaban J connectivity index is 2.10. The molecule has 1 saturated carbocycles. The van der Waals surface area contributed by atoms with Gasteiger partial charge in [-0.05, 0) is 43.4 Å². The van der Waals surface area contributed by atoms with Crippen molar-refractivity contribution in [1.29, 1.82) is 0 Å². The normalized spacial score (nSPS) is 16.2. The highest BCUT2D eigenvalue weighted by molar-refractivity contribution is 5.89. The highest BCUT2D eigenvalue weighted by Crippen LogP contribution is 2.36. The van der Waals surface area contributed by atoms with Gasteiger partial charge < -0.3 is 10.6 Å². The van der Waals surface area contributed by atoms with E-state index in [0.29, 0.717) is 6.04 Å². The molecule has 1 aromatic rings. The molecule has 3 nitrogen and oxygen atoms in total. The molecule has 98 valence electrons. The lowest BCUT2D eigenvalue weighted by Crippen LogP contribution is -2.20. The number of anilines is 2. The summed E-state index contributed by atoms with van der Waals surface area (Å²) >= 11 is 0. The second kappa shape index (κ2) is 5.38. The van der Waals surface area contributed by atoms with Gasteiger partial charge in [0.1, 0.15) is 5.82 Å². The zero-order valence-electron chi connectivity index (χ0n) is 10.8. The molecule has 0 spiro atoms. The third-order valence-electron chi connectivity index (χ3n) is 3.26. The predicted octanol–water partition coefficient (Wildman–Crippen LogP) is 3.38. The molecular weight excluding hydrogens is 231 g/mol. The number of hydrogen-bond donors (Lipinski definition) is 2.